The van der Waals surface area contributed by atoms with E-state index in [2.05, 4.69) is 17.1 Å². The molecule has 170 valence electrons. The van der Waals surface area contributed by atoms with E-state index in [1.165, 1.54) is 11.8 Å². The van der Waals surface area contributed by atoms with Crippen molar-refractivity contribution in [2.24, 2.45) is 10.2 Å². The first kappa shape index (κ1) is 23.7. The number of hydrogen-bond donors (Lipinski definition) is 0. The summed E-state index contributed by atoms with van der Waals surface area (Å²) in [6.07, 6.45) is 4.52. The van der Waals surface area contributed by atoms with Crippen molar-refractivity contribution < 1.29 is 19.0 Å². The molecule has 32 heavy (non-hydrogen) atoms. The Labute approximate surface area is 193 Å². The molecule has 1 heterocycles. The first-order chi connectivity index (χ1) is 15.6. The minimum atomic E-state index is -0.122. The molecule has 0 aliphatic carbocycles. The standard InChI is InChI=1S/C24H29N3O4S/c1-5-6-7-22-23(28)27(16-17-8-11-19(29-2)12-9-17)24(32-22)26-25-15-18-10-13-20(30-3)21(14-18)31-4/h8-15,22H,5-7,16H2,1-4H3/b25-15+,26-24+. The summed E-state index contributed by atoms with van der Waals surface area (Å²) in [4.78, 5) is 14.8. The van der Waals surface area contributed by atoms with Crippen LogP contribution in [0.5, 0.6) is 17.2 Å². The molecule has 0 bridgehead atoms. The average molecular weight is 456 g/mol. The van der Waals surface area contributed by atoms with Crippen molar-refractivity contribution in [3.05, 3.63) is 53.6 Å². The van der Waals surface area contributed by atoms with E-state index < -0.39 is 0 Å². The second-order valence-electron chi connectivity index (χ2n) is 7.26. The van der Waals surface area contributed by atoms with Crippen LogP contribution in [-0.4, -0.2) is 48.8 Å². The summed E-state index contributed by atoms with van der Waals surface area (Å²) in [6.45, 7) is 2.57. The molecule has 1 unspecified atom stereocenters. The van der Waals surface area contributed by atoms with Crippen LogP contribution in [0.25, 0.3) is 0 Å². The Morgan fingerprint density at radius 1 is 1.03 bits per heavy atom. The van der Waals surface area contributed by atoms with Gasteiger partial charge in [-0.15, -0.1) is 5.10 Å². The number of thioether (sulfide) groups is 1. The first-order valence-corrected chi connectivity index (χ1v) is 11.4. The third-order valence-corrected chi connectivity index (χ3v) is 6.33. The van der Waals surface area contributed by atoms with Crippen LogP contribution >= 0.6 is 11.8 Å². The monoisotopic (exact) mass is 455 g/mol. The maximum absolute atomic E-state index is 13.1. The molecule has 1 aliphatic rings. The lowest BCUT2D eigenvalue weighted by molar-refractivity contribution is -0.126. The average Bonchev–Trinajstić information content (AvgIpc) is 3.12. The van der Waals surface area contributed by atoms with Crippen LogP contribution in [0.1, 0.15) is 37.3 Å². The second-order valence-corrected chi connectivity index (χ2v) is 8.43. The summed E-state index contributed by atoms with van der Waals surface area (Å²) < 4.78 is 15.8. The van der Waals surface area contributed by atoms with Crippen LogP contribution in [0.3, 0.4) is 0 Å². The van der Waals surface area contributed by atoms with E-state index in [4.69, 9.17) is 14.2 Å². The smallest absolute Gasteiger partial charge is 0.242 e. The molecule has 0 N–H and O–H groups in total. The van der Waals surface area contributed by atoms with Crippen LogP contribution in [0.15, 0.2) is 52.7 Å². The molecular weight excluding hydrogens is 426 g/mol. The number of rotatable bonds is 10. The van der Waals surface area contributed by atoms with E-state index in [1.807, 2.05) is 42.5 Å². The van der Waals surface area contributed by atoms with Gasteiger partial charge < -0.3 is 14.2 Å². The van der Waals surface area contributed by atoms with Gasteiger partial charge in [-0.3, -0.25) is 9.69 Å². The van der Waals surface area contributed by atoms with Crippen LogP contribution in [0, 0.1) is 0 Å². The fraction of sp³-hybridized carbons (Fsp3) is 0.375. The van der Waals surface area contributed by atoms with E-state index in [0.29, 0.717) is 23.2 Å². The van der Waals surface area contributed by atoms with Gasteiger partial charge in [-0.1, -0.05) is 43.7 Å². The van der Waals surface area contributed by atoms with Crippen LogP contribution in [-0.2, 0) is 11.3 Å². The summed E-state index contributed by atoms with van der Waals surface area (Å²) in [5.41, 5.74) is 1.83. The van der Waals surface area contributed by atoms with Crippen molar-refractivity contribution in [1.82, 2.24) is 4.90 Å². The zero-order valence-electron chi connectivity index (χ0n) is 18.9. The molecule has 8 heteroatoms. The maximum atomic E-state index is 13.1. The third-order valence-electron chi connectivity index (χ3n) is 5.10. The lowest BCUT2D eigenvalue weighted by Crippen LogP contribution is -2.31. The number of nitrogens with zero attached hydrogens (tertiary/aromatic N) is 3. The zero-order valence-corrected chi connectivity index (χ0v) is 19.7. The number of amides is 1. The Kier molecular flexibility index (Phi) is 8.56. The van der Waals surface area contributed by atoms with E-state index in [0.717, 1.165) is 36.1 Å². The number of ether oxygens (including phenoxy) is 3. The number of unbranched alkanes of at least 4 members (excludes halogenated alkanes) is 1. The predicted octanol–water partition coefficient (Wildman–Crippen LogP) is 4.74. The highest BCUT2D eigenvalue weighted by Gasteiger charge is 2.37. The molecule has 0 spiro atoms. The largest absolute Gasteiger partial charge is 0.497 e. The topological polar surface area (TPSA) is 72.7 Å². The SMILES string of the molecule is CCCCC1S/C(=N/N=C/c2ccc(OC)c(OC)c2)N(Cc2ccc(OC)cc2)C1=O. The van der Waals surface area contributed by atoms with Gasteiger partial charge in [-0.25, -0.2) is 0 Å². The van der Waals surface area contributed by atoms with Gasteiger partial charge in [-0.05, 0) is 47.9 Å². The molecule has 2 aromatic rings. The number of hydrogen-bond acceptors (Lipinski definition) is 7. The van der Waals surface area contributed by atoms with Crippen molar-refractivity contribution in [3.63, 3.8) is 0 Å². The lowest BCUT2D eigenvalue weighted by Gasteiger charge is -2.16. The molecule has 1 atom stereocenters. The molecule has 1 fully saturated rings. The number of methoxy groups -OCH3 is 3. The van der Waals surface area contributed by atoms with Gasteiger partial charge in [0.1, 0.15) is 5.75 Å². The highest BCUT2D eigenvalue weighted by Crippen LogP contribution is 2.32. The maximum Gasteiger partial charge on any atom is 0.242 e. The summed E-state index contributed by atoms with van der Waals surface area (Å²) in [7, 11) is 4.82. The van der Waals surface area contributed by atoms with Crippen molar-refractivity contribution in [3.8, 4) is 17.2 Å². The molecule has 0 radical (unpaired) electrons. The summed E-state index contributed by atoms with van der Waals surface area (Å²) >= 11 is 1.49. The van der Waals surface area contributed by atoms with E-state index in [9.17, 15) is 4.79 Å². The highest BCUT2D eigenvalue weighted by atomic mass is 32.2. The molecule has 1 saturated heterocycles. The quantitative estimate of drug-likeness (QED) is 0.382. The highest BCUT2D eigenvalue weighted by molar-refractivity contribution is 8.15. The summed E-state index contributed by atoms with van der Waals surface area (Å²) in [5, 5.41) is 9.14. The van der Waals surface area contributed by atoms with Crippen LogP contribution in [0.4, 0.5) is 0 Å². The Bertz CT molecular complexity index is 976. The molecule has 7 nitrogen and oxygen atoms in total. The summed E-state index contributed by atoms with van der Waals surface area (Å²) in [5.74, 6) is 2.14. The van der Waals surface area contributed by atoms with Gasteiger partial charge in [0.25, 0.3) is 0 Å². The number of benzene rings is 2. The second kappa shape index (κ2) is 11.6. The van der Waals surface area contributed by atoms with Gasteiger partial charge in [0.05, 0.1) is 39.3 Å². The molecule has 1 aliphatic heterocycles. The fourth-order valence-electron chi connectivity index (χ4n) is 3.30. The van der Waals surface area contributed by atoms with E-state index in [-0.39, 0.29) is 11.2 Å². The molecular formula is C24H29N3O4S. The molecule has 3 rings (SSSR count). The molecule has 0 aromatic heterocycles. The lowest BCUT2D eigenvalue weighted by atomic mass is 10.1. The van der Waals surface area contributed by atoms with E-state index in [1.54, 1.807) is 32.4 Å². The van der Waals surface area contributed by atoms with Crippen molar-refractivity contribution in [1.29, 1.82) is 0 Å². The third kappa shape index (κ3) is 5.82. The van der Waals surface area contributed by atoms with E-state index >= 15 is 0 Å². The molecule has 2 aromatic carbocycles. The number of carbonyl (C=O) groups is 1. The van der Waals surface area contributed by atoms with Gasteiger partial charge in [0, 0.05) is 0 Å². The number of carbonyl (C=O) groups excluding carboxylic acids is 1. The minimum Gasteiger partial charge on any atom is -0.497 e. The van der Waals surface area contributed by atoms with Crippen LogP contribution in [0.2, 0.25) is 0 Å². The van der Waals surface area contributed by atoms with Crippen LogP contribution < -0.4 is 14.2 Å². The minimum absolute atomic E-state index is 0.0827. The fourth-order valence-corrected chi connectivity index (χ4v) is 4.44. The van der Waals surface area contributed by atoms with Crippen molar-refractivity contribution >= 4 is 29.1 Å². The first-order valence-electron chi connectivity index (χ1n) is 10.5. The predicted molar refractivity (Wildman–Crippen MR) is 129 cm³/mol. The van der Waals surface area contributed by atoms with Gasteiger partial charge in [0.2, 0.25) is 5.91 Å². The number of amidine groups is 1. The van der Waals surface area contributed by atoms with Crippen molar-refractivity contribution in [2.45, 2.75) is 38.0 Å². The van der Waals surface area contributed by atoms with Crippen molar-refractivity contribution in [2.75, 3.05) is 21.3 Å². The Morgan fingerprint density at radius 3 is 2.44 bits per heavy atom. The zero-order chi connectivity index (χ0) is 22.9. The van der Waals surface area contributed by atoms with Gasteiger partial charge in [0.15, 0.2) is 16.7 Å². The Balaban J connectivity index is 1.80. The molecule has 0 saturated carbocycles. The normalized spacial score (nSPS) is 17.4. The van der Waals surface area contributed by atoms with Gasteiger partial charge in [-0.2, -0.15) is 5.10 Å². The molecule has 1 amide bonds. The summed E-state index contributed by atoms with van der Waals surface area (Å²) in [6, 6.07) is 13.2. The van der Waals surface area contributed by atoms with Gasteiger partial charge >= 0.3 is 0 Å². The Hall–Kier alpha value is -3.00. The Morgan fingerprint density at radius 2 is 1.78 bits per heavy atom.